The van der Waals surface area contributed by atoms with Crippen LogP contribution in [0.2, 0.25) is 0 Å². The van der Waals surface area contributed by atoms with E-state index in [4.69, 9.17) is 24.7 Å². The van der Waals surface area contributed by atoms with E-state index in [1.54, 1.807) is 0 Å². The highest BCUT2D eigenvalue weighted by Crippen LogP contribution is 2.27. The third kappa shape index (κ3) is 5.65. The van der Waals surface area contributed by atoms with Crippen molar-refractivity contribution in [2.24, 2.45) is 5.73 Å². The maximum absolute atomic E-state index is 11.4. The quantitative estimate of drug-likeness (QED) is 0.403. The summed E-state index contributed by atoms with van der Waals surface area (Å²) in [6.07, 6.45) is -1.82. The zero-order valence-electron chi connectivity index (χ0n) is 13.9. The Hall–Kier alpha value is -2.42. The molecule has 0 aromatic carbocycles. The molecule has 0 fully saturated rings. The fraction of sp³-hybridized carbons (Fsp3) is 0.600. The molecule has 134 valence electrons. The summed E-state index contributed by atoms with van der Waals surface area (Å²) in [5, 5.41) is 0. The van der Waals surface area contributed by atoms with Crippen LogP contribution in [0.5, 0.6) is 0 Å². The van der Waals surface area contributed by atoms with Gasteiger partial charge in [0.15, 0.2) is 18.3 Å². The van der Waals surface area contributed by atoms with Gasteiger partial charge in [0, 0.05) is 33.3 Å². The van der Waals surface area contributed by atoms with Gasteiger partial charge in [0.05, 0.1) is 6.04 Å². The number of rotatable bonds is 5. The van der Waals surface area contributed by atoms with E-state index in [-0.39, 0.29) is 6.61 Å². The van der Waals surface area contributed by atoms with Crippen LogP contribution in [0.4, 0.5) is 0 Å². The first kappa shape index (κ1) is 19.6. The van der Waals surface area contributed by atoms with Crippen molar-refractivity contribution in [3.05, 3.63) is 11.6 Å². The standard InChI is InChI=1S/C15H21NO8/c1-7(17)21-6-11-5-12(16)14(23-9(3)19)15(24-10(4)20)13(11)22-8(2)18/h5,12-15H,6,16H2,1-4H3/t12-,13+,14-,15-/m0/s1. The number of carbonyl (C=O) groups excluding carboxylic acids is 4. The monoisotopic (exact) mass is 343 g/mol. The van der Waals surface area contributed by atoms with Crippen LogP contribution in [0.25, 0.3) is 0 Å². The third-order valence-electron chi connectivity index (χ3n) is 3.11. The Morgan fingerprint density at radius 1 is 0.875 bits per heavy atom. The molecule has 0 heterocycles. The lowest BCUT2D eigenvalue weighted by atomic mass is 9.88. The van der Waals surface area contributed by atoms with Gasteiger partial charge in [-0.15, -0.1) is 0 Å². The van der Waals surface area contributed by atoms with Crippen molar-refractivity contribution in [3.63, 3.8) is 0 Å². The van der Waals surface area contributed by atoms with Crippen molar-refractivity contribution >= 4 is 23.9 Å². The summed E-state index contributed by atoms with van der Waals surface area (Å²) in [4.78, 5) is 45.1. The number of hydrogen-bond acceptors (Lipinski definition) is 9. The van der Waals surface area contributed by atoms with Gasteiger partial charge >= 0.3 is 23.9 Å². The Morgan fingerprint density at radius 3 is 1.83 bits per heavy atom. The van der Waals surface area contributed by atoms with Gasteiger partial charge in [-0.2, -0.15) is 0 Å². The fourth-order valence-corrected chi connectivity index (χ4v) is 2.33. The number of nitrogens with two attached hydrogens (primary N) is 1. The minimum Gasteiger partial charge on any atom is -0.461 e. The van der Waals surface area contributed by atoms with Crippen LogP contribution in [-0.4, -0.2) is 54.8 Å². The number of hydrogen-bond donors (Lipinski definition) is 1. The molecule has 0 spiro atoms. The second-order valence-electron chi connectivity index (χ2n) is 5.28. The first-order chi connectivity index (χ1) is 11.1. The predicted molar refractivity (Wildman–Crippen MR) is 79.4 cm³/mol. The van der Waals surface area contributed by atoms with E-state index in [0.717, 1.165) is 6.92 Å². The molecule has 24 heavy (non-hydrogen) atoms. The molecule has 1 rings (SSSR count). The van der Waals surface area contributed by atoms with E-state index in [9.17, 15) is 19.2 Å². The van der Waals surface area contributed by atoms with E-state index < -0.39 is 48.2 Å². The van der Waals surface area contributed by atoms with Gasteiger partial charge in [0.2, 0.25) is 0 Å². The summed E-state index contributed by atoms with van der Waals surface area (Å²) in [7, 11) is 0. The summed E-state index contributed by atoms with van der Waals surface area (Å²) < 4.78 is 20.4. The second-order valence-corrected chi connectivity index (χ2v) is 5.28. The lowest BCUT2D eigenvalue weighted by Gasteiger charge is -2.38. The Bertz CT molecular complexity index is 556. The van der Waals surface area contributed by atoms with Gasteiger partial charge in [-0.3, -0.25) is 19.2 Å². The molecule has 1 aliphatic rings. The average Bonchev–Trinajstić information content (AvgIpc) is 2.42. The van der Waals surface area contributed by atoms with Gasteiger partial charge < -0.3 is 24.7 Å². The fourth-order valence-electron chi connectivity index (χ4n) is 2.33. The third-order valence-corrected chi connectivity index (χ3v) is 3.11. The van der Waals surface area contributed by atoms with Gasteiger partial charge in [-0.25, -0.2) is 0 Å². The molecule has 9 nitrogen and oxygen atoms in total. The van der Waals surface area contributed by atoms with Crippen LogP contribution in [-0.2, 0) is 38.1 Å². The highest BCUT2D eigenvalue weighted by molar-refractivity contribution is 5.69. The van der Waals surface area contributed by atoms with Gasteiger partial charge in [0.25, 0.3) is 0 Å². The minimum atomic E-state index is -1.15. The summed E-state index contributed by atoms with van der Waals surface area (Å²) in [6, 6.07) is -0.837. The summed E-state index contributed by atoms with van der Waals surface area (Å²) in [6.45, 7) is 4.52. The Morgan fingerprint density at radius 2 is 1.38 bits per heavy atom. The number of carbonyl (C=O) groups is 4. The molecule has 0 aromatic heterocycles. The molecule has 2 N–H and O–H groups in total. The summed E-state index contributed by atoms with van der Waals surface area (Å²) >= 11 is 0. The van der Waals surface area contributed by atoms with Crippen LogP contribution in [0, 0.1) is 0 Å². The normalized spacial score (nSPS) is 26.0. The van der Waals surface area contributed by atoms with Crippen molar-refractivity contribution in [2.45, 2.75) is 52.0 Å². The topological polar surface area (TPSA) is 131 Å². The van der Waals surface area contributed by atoms with E-state index >= 15 is 0 Å². The molecule has 0 unspecified atom stereocenters. The molecule has 0 bridgehead atoms. The van der Waals surface area contributed by atoms with Crippen LogP contribution in [0.3, 0.4) is 0 Å². The Labute approximate surface area is 139 Å². The Kier molecular flexibility index (Phi) is 6.90. The lowest BCUT2D eigenvalue weighted by Crippen LogP contribution is -2.56. The number of ether oxygens (including phenoxy) is 4. The highest BCUT2D eigenvalue weighted by Gasteiger charge is 2.45. The predicted octanol–water partition coefficient (Wildman–Crippen LogP) is -0.388. The summed E-state index contributed by atoms with van der Waals surface area (Å²) in [5.74, 6) is -2.50. The molecule has 0 aromatic rings. The number of esters is 4. The van der Waals surface area contributed by atoms with Gasteiger partial charge in [0.1, 0.15) is 6.61 Å². The van der Waals surface area contributed by atoms with Crippen molar-refractivity contribution in [1.29, 1.82) is 0 Å². The maximum Gasteiger partial charge on any atom is 0.303 e. The van der Waals surface area contributed by atoms with Gasteiger partial charge in [-0.1, -0.05) is 6.08 Å². The molecule has 4 atom stereocenters. The van der Waals surface area contributed by atoms with Gasteiger partial charge in [-0.05, 0) is 0 Å². The largest absolute Gasteiger partial charge is 0.461 e. The van der Waals surface area contributed by atoms with Crippen LogP contribution >= 0.6 is 0 Å². The first-order valence-electron chi connectivity index (χ1n) is 7.23. The average molecular weight is 343 g/mol. The molecule has 0 saturated heterocycles. The Balaban J connectivity index is 3.21. The molecular weight excluding hydrogens is 322 g/mol. The maximum atomic E-state index is 11.4. The smallest absolute Gasteiger partial charge is 0.303 e. The zero-order chi connectivity index (χ0) is 18.4. The van der Waals surface area contributed by atoms with Crippen LogP contribution < -0.4 is 5.73 Å². The van der Waals surface area contributed by atoms with Crippen molar-refractivity contribution in [1.82, 2.24) is 0 Å². The van der Waals surface area contributed by atoms with E-state index in [2.05, 4.69) is 0 Å². The van der Waals surface area contributed by atoms with E-state index in [0.29, 0.717) is 5.57 Å². The summed E-state index contributed by atoms with van der Waals surface area (Å²) in [5.41, 5.74) is 6.29. The molecule has 9 heteroatoms. The molecule has 1 aliphatic carbocycles. The van der Waals surface area contributed by atoms with Crippen LogP contribution in [0.15, 0.2) is 11.6 Å². The highest BCUT2D eigenvalue weighted by atomic mass is 16.6. The second kappa shape index (κ2) is 8.44. The molecule has 0 saturated carbocycles. The first-order valence-corrected chi connectivity index (χ1v) is 7.23. The molecule has 0 radical (unpaired) electrons. The zero-order valence-corrected chi connectivity index (χ0v) is 13.9. The van der Waals surface area contributed by atoms with E-state index in [1.165, 1.54) is 26.8 Å². The molecule has 0 aliphatic heterocycles. The SMILES string of the molecule is CC(=O)OCC1=C[C@H](N)[C@H](OC(C)=O)[C@@H](OC(C)=O)[C@@H]1OC(C)=O. The van der Waals surface area contributed by atoms with Crippen molar-refractivity contribution in [3.8, 4) is 0 Å². The molecular formula is C15H21NO8. The van der Waals surface area contributed by atoms with Crippen molar-refractivity contribution < 1.29 is 38.1 Å². The van der Waals surface area contributed by atoms with E-state index in [1.807, 2.05) is 0 Å². The minimum absolute atomic E-state index is 0.203. The van der Waals surface area contributed by atoms with Crippen LogP contribution in [0.1, 0.15) is 27.7 Å². The lowest BCUT2D eigenvalue weighted by molar-refractivity contribution is -0.182. The van der Waals surface area contributed by atoms with Crippen molar-refractivity contribution in [2.75, 3.05) is 6.61 Å². The molecule has 0 amide bonds.